The van der Waals surface area contributed by atoms with Gasteiger partial charge in [0.05, 0.1) is 6.10 Å². The van der Waals surface area contributed by atoms with E-state index >= 15 is 0 Å². The summed E-state index contributed by atoms with van der Waals surface area (Å²) in [5, 5.41) is 19.8. The highest BCUT2D eigenvalue weighted by atomic mass is 16.3. The number of H-pyrrole nitrogens is 1. The zero-order valence-corrected chi connectivity index (χ0v) is 9.19. The molecule has 2 aromatic rings. The predicted molar refractivity (Wildman–Crippen MR) is 64.2 cm³/mol. The Morgan fingerprint density at radius 3 is 2.81 bits per heavy atom. The van der Waals surface area contributed by atoms with Gasteiger partial charge in [-0.25, -0.2) is 0 Å². The summed E-state index contributed by atoms with van der Waals surface area (Å²) in [6, 6.07) is 7.95. The van der Waals surface area contributed by atoms with Crippen LogP contribution in [0.15, 0.2) is 30.5 Å². The van der Waals surface area contributed by atoms with Crippen molar-refractivity contribution in [3.63, 3.8) is 0 Å². The van der Waals surface area contributed by atoms with Crippen LogP contribution >= 0.6 is 0 Å². The summed E-state index contributed by atoms with van der Waals surface area (Å²) in [5.74, 6) is 0. The van der Waals surface area contributed by atoms with Crippen molar-refractivity contribution in [3.8, 4) is 0 Å². The summed E-state index contributed by atoms with van der Waals surface area (Å²) in [7, 11) is 0. The third-order valence-corrected chi connectivity index (χ3v) is 2.87. The van der Waals surface area contributed by atoms with Gasteiger partial charge < -0.3 is 15.2 Å². The molecule has 0 fully saturated rings. The Labute approximate surface area is 94.7 Å². The first-order chi connectivity index (χ1) is 7.83. The van der Waals surface area contributed by atoms with Crippen molar-refractivity contribution in [2.24, 2.45) is 0 Å². The molecule has 1 aromatic carbocycles. The van der Waals surface area contributed by atoms with E-state index in [1.807, 2.05) is 30.5 Å². The van der Waals surface area contributed by atoms with Gasteiger partial charge in [-0.3, -0.25) is 0 Å². The van der Waals surface area contributed by atoms with E-state index in [2.05, 4.69) is 4.98 Å². The van der Waals surface area contributed by atoms with Gasteiger partial charge >= 0.3 is 0 Å². The number of para-hydroxylation sites is 1. The molecular formula is C13H17NO2. The van der Waals surface area contributed by atoms with Crippen LogP contribution in [0.25, 0.3) is 10.9 Å². The van der Waals surface area contributed by atoms with Crippen molar-refractivity contribution in [1.82, 2.24) is 4.98 Å². The van der Waals surface area contributed by atoms with E-state index in [0.29, 0.717) is 6.42 Å². The number of benzene rings is 1. The minimum absolute atomic E-state index is 0.195. The standard InChI is InChI=1S/C13H17NO2/c15-8-4-3-7-13(16)11-9-14-12-6-2-1-5-10(11)12/h1-2,5-6,9,13-16H,3-4,7-8H2. The first-order valence-electron chi connectivity index (χ1n) is 5.68. The van der Waals surface area contributed by atoms with Crippen molar-refractivity contribution in [3.05, 3.63) is 36.0 Å². The maximum atomic E-state index is 10.0. The predicted octanol–water partition coefficient (Wildman–Crippen LogP) is 2.36. The average Bonchev–Trinajstić information content (AvgIpc) is 2.73. The number of rotatable bonds is 5. The molecule has 1 heterocycles. The van der Waals surface area contributed by atoms with Crippen molar-refractivity contribution >= 4 is 10.9 Å². The number of aliphatic hydroxyl groups excluding tert-OH is 2. The normalized spacial score (nSPS) is 13.1. The molecule has 2 rings (SSSR count). The summed E-state index contributed by atoms with van der Waals surface area (Å²) in [6.45, 7) is 0.195. The van der Waals surface area contributed by atoms with Gasteiger partial charge in [0.25, 0.3) is 0 Å². The van der Waals surface area contributed by atoms with Crippen LogP contribution < -0.4 is 0 Å². The number of aromatic nitrogens is 1. The lowest BCUT2D eigenvalue weighted by Gasteiger charge is -2.08. The Morgan fingerprint density at radius 1 is 1.19 bits per heavy atom. The summed E-state index contributed by atoms with van der Waals surface area (Å²) < 4.78 is 0. The van der Waals surface area contributed by atoms with Crippen molar-refractivity contribution in [2.75, 3.05) is 6.61 Å². The van der Waals surface area contributed by atoms with E-state index in [1.54, 1.807) is 0 Å². The van der Waals surface area contributed by atoms with Crippen LogP contribution in [0.2, 0.25) is 0 Å². The maximum absolute atomic E-state index is 10.0. The maximum Gasteiger partial charge on any atom is 0.0810 e. The fourth-order valence-electron chi connectivity index (χ4n) is 1.97. The van der Waals surface area contributed by atoms with Crippen LogP contribution in [0.3, 0.4) is 0 Å². The van der Waals surface area contributed by atoms with Gasteiger partial charge in [0.1, 0.15) is 0 Å². The molecule has 3 N–H and O–H groups in total. The monoisotopic (exact) mass is 219 g/mol. The Bertz CT molecular complexity index is 450. The largest absolute Gasteiger partial charge is 0.396 e. The molecule has 0 radical (unpaired) electrons. The number of nitrogens with one attached hydrogen (secondary N) is 1. The Morgan fingerprint density at radius 2 is 2.00 bits per heavy atom. The van der Waals surface area contributed by atoms with Crippen LogP contribution in [0.5, 0.6) is 0 Å². The second-order valence-corrected chi connectivity index (χ2v) is 4.02. The van der Waals surface area contributed by atoms with Crippen LogP contribution in [0, 0.1) is 0 Å². The van der Waals surface area contributed by atoms with Crippen LogP contribution in [-0.2, 0) is 0 Å². The fraction of sp³-hybridized carbons (Fsp3) is 0.385. The number of aromatic amines is 1. The molecule has 3 nitrogen and oxygen atoms in total. The van der Waals surface area contributed by atoms with Crippen LogP contribution in [0.4, 0.5) is 0 Å². The average molecular weight is 219 g/mol. The Hall–Kier alpha value is -1.32. The Kier molecular flexibility index (Phi) is 3.59. The zero-order chi connectivity index (χ0) is 11.4. The zero-order valence-electron chi connectivity index (χ0n) is 9.19. The van der Waals surface area contributed by atoms with E-state index in [0.717, 1.165) is 29.3 Å². The molecule has 0 bridgehead atoms. The smallest absolute Gasteiger partial charge is 0.0810 e. The number of hydrogen-bond donors (Lipinski definition) is 3. The van der Waals surface area contributed by atoms with Crippen molar-refractivity contribution < 1.29 is 10.2 Å². The first kappa shape index (κ1) is 11.2. The quantitative estimate of drug-likeness (QED) is 0.676. The van der Waals surface area contributed by atoms with Gasteiger partial charge in [0, 0.05) is 29.3 Å². The Balaban J connectivity index is 2.13. The molecule has 0 saturated carbocycles. The second-order valence-electron chi connectivity index (χ2n) is 4.02. The third kappa shape index (κ3) is 2.26. The van der Waals surface area contributed by atoms with E-state index in [-0.39, 0.29) is 6.61 Å². The molecule has 0 saturated heterocycles. The number of hydrogen-bond acceptors (Lipinski definition) is 2. The fourth-order valence-corrected chi connectivity index (χ4v) is 1.97. The molecule has 0 aliphatic rings. The summed E-state index contributed by atoms with van der Waals surface area (Å²) in [5.41, 5.74) is 2.01. The topological polar surface area (TPSA) is 56.2 Å². The van der Waals surface area contributed by atoms with Crippen LogP contribution in [-0.4, -0.2) is 21.8 Å². The molecule has 0 spiro atoms. The van der Waals surface area contributed by atoms with Crippen LogP contribution in [0.1, 0.15) is 30.9 Å². The first-order valence-corrected chi connectivity index (χ1v) is 5.68. The molecule has 1 unspecified atom stereocenters. The molecule has 0 aliphatic carbocycles. The highest BCUT2D eigenvalue weighted by Crippen LogP contribution is 2.26. The SMILES string of the molecule is OCCCCC(O)c1c[nH]c2ccccc12. The van der Waals surface area contributed by atoms with Gasteiger partial charge in [0.15, 0.2) is 0 Å². The molecule has 0 amide bonds. The second kappa shape index (κ2) is 5.14. The van der Waals surface area contributed by atoms with Gasteiger partial charge in [-0.05, 0) is 25.3 Å². The highest BCUT2D eigenvalue weighted by Gasteiger charge is 2.11. The lowest BCUT2D eigenvalue weighted by Crippen LogP contribution is -1.97. The van der Waals surface area contributed by atoms with E-state index in [1.165, 1.54) is 0 Å². The minimum atomic E-state index is -0.442. The molecule has 86 valence electrons. The van der Waals surface area contributed by atoms with E-state index in [9.17, 15) is 5.11 Å². The summed E-state index contributed by atoms with van der Waals surface area (Å²) >= 11 is 0. The number of fused-ring (bicyclic) bond motifs is 1. The van der Waals surface area contributed by atoms with Gasteiger partial charge in [0.2, 0.25) is 0 Å². The third-order valence-electron chi connectivity index (χ3n) is 2.87. The van der Waals surface area contributed by atoms with Gasteiger partial charge in [-0.2, -0.15) is 0 Å². The van der Waals surface area contributed by atoms with Gasteiger partial charge in [-0.15, -0.1) is 0 Å². The molecule has 1 aromatic heterocycles. The van der Waals surface area contributed by atoms with E-state index in [4.69, 9.17) is 5.11 Å². The molecule has 16 heavy (non-hydrogen) atoms. The lowest BCUT2D eigenvalue weighted by atomic mass is 10.0. The molecular weight excluding hydrogens is 202 g/mol. The number of unbranched alkanes of at least 4 members (excludes halogenated alkanes) is 1. The number of aliphatic hydroxyl groups is 2. The van der Waals surface area contributed by atoms with E-state index < -0.39 is 6.10 Å². The molecule has 3 heteroatoms. The summed E-state index contributed by atoms with van der Waals surface area (Å²) in [6.07, 6.45) is 3.72. The molecule has 1 atom stereocenters. The van der Waals surface area contributed by atoms with Crippen molar-refractivity contribution in [1.29, 1.82) is 0 Å². The summed E-state index contributed by atoms with van der Waals surface area (Å²) in [4.78, 5) is 3.15. The van der Waals surface area contributed by atoms with Crippen molar-refractivity contribution in [2.45, 2.75) is 25.4 Å². The molecule has 0 aliphatic heterocycles. The lowest BCUT2D eigenvalue weighted by molar-refractivity contribution is 0.161. The highest BCUT2D eigenvalue weighted by molar-refractivity contribution is 5.83. The van der Waals surface area contributed by atoms with Gasteiger partial charge in [-0.1, -0.05) is 18.2 Å². The minimum Gasteiger partial charge on any atom is -0.396 e.